The number of rotatable bonds is 4. The van der Waals surface area contributed by atoms with Gasteiger partial charge in [-0.2, -0.15) is 26.3 Å². The molecule has 0 aromatic heterocycles. The number of halogens is 6. The minimum Gasteiger partial charge on any atom is -0.394 e. The summed E-state index contributed by atoms with van der Waals surface area (Å²) in [5, 5.41) is 2.41. The zero-order valence-corrected chi connectivity index (χ0v) is 8.54. The molecule has 0 atom stereocenters. The largest absolute Gasteiger partial charge is 0.426 e. The molecular weight excluding hydrogens is 240 g/mol. The minimum atomic E-state index is -5.52. The van der Waals surface area contributed by atoms with Gasteiger partial charge in [-0.1, -0.05) is 0 Å². The van der Waals surface area contributed by atoms with E-state index in [0.29, 0.717) is 0 Å². The van der Waals surface area contributed by atoms with Gasteiger partial charge >= 0.3 is 12.4 Å². The fourth-order valence-corrected chi connectivity index (χ4v) is 0.705. The highest BCUT2D eigenvalue weighted by molar-refractivity contribution is 4.93. The first kappa shape index (κ1) is 15.1. The highest BCUT2D eigenvalue weighted by Crippen LogP contribution is 2.45. The molecule has 0 aromatic rings. The minimum absolute atomic E-state index is 0.0415. The summed E-state index contributed by atoms with van der Waals surface area (Å²) in [6.45, 7) is -0.837. The third-order valence-electron chi connectivity index (χ3n) is 1.83. The molecule has 1 N–H and O–H groups in total. The van der Waals surface area contributed by atoms with Crippen LogP contribution in [-0.4, -0.2) is 31.6 Å². The molecule has 0 unspecified atom stereocenters. The topological polar surface area (TPSA) is 21.3 Å². The van der Waals surface area contributed by atoms with Gasteiger partial charge in [-0.05, 0) is 19.2 Å². The van der Waals surface area contributed by atoms with Crippen LogP contribution in [0.5, 0.6) is 0 Å². The Morgan fingerprint density at radius 1 is 1.06 bits per heavy atom. The molecule has 0 aliphatic carbocycles. The lowest BCUT2D eigenvalue weighted by Gasteiger charge is -2.33. The van der Waals surface area contributed by atoms with Crippen LogP contribution in [0.2, 0.25) is 0 Å². The van der Waals surface area contributed by atoms with E-state index in [2.05, 4.69) is 10.1 Å². The summed E-state index contributed by atoms with van der Waals surface area (Å²) < 4.78 is 77.2. The maximum atomic E-state index is 12.2. The molecule has 0 rings (SSSR count). The summed E-state index contributed by atoms with van der Waals surface area (Å²) in [4.78, 5) is 0. The maximum Gasteiger partial charge on any atom is 0.426 e. The molecule has 0 saturated heterocycles. The molecule has 0 bridgehead atoms. The molecule has 0 amide bonds. The van der Waals surface area contributed by atoms with E-state index in [1.54, 1.807) is 0 Å². The SMILES string of the molecule is CN/C=C\COC(C)(C(F)(F)F)C(F)(F)F. The van der Waals surface area contributed by atoms with Crippen LogP contribution in [0.3, 0.4) is 0 Å². The summed E-state index contributed by atoms with van der Waals surface area (Å²) in [5.41, 5.74) is -4.15. The monoisotopic (exact) mass is 251 g/mol. The normalized spacial score (nSPS) is 14.5. The summed E-state index contributed by atoms with van der Waals surface area (Å²) in [7, 11) is 1.45. The molecule has 2 nitrogen and oxygen atoms in total. The smallest absolute Gasteiger partial charge is 0.394 e. The molecule has 0 spiro atoms. The quantitative estimate of drug-likeness (QED) is 0.775. The van der Waals surface area contributed by atoms with E-state index in [1.807, 2.05) is 0 Å². The molecular formula is C8H11F6NO. The molecule has 0 aromatic carbocycles. The lowest BCUT2D eigenvalue weighted by molar-refractivity contribution is -0.371. The Hall–Kier alpha value is -0.920. The second-order valence-electron chi connectivity index (χ2n) is 3.03. The molecule has 8 heteroatoms. The van der Waals surface area contributed by atoms with Gasteiger partial charge in [-0.25, -0.2) is 0 Å². The van der Waals surface area contributed by atoms with Crippen LogP contribution >= 0.6 is 0 Å². The van der Waals surface area contributed by atoms with Gasteiger partial charge in [0.1, 0.15) is 0 Å². The Balaban J connectivity index is 4.78. The Morgan fingerprint density at radius 2 is 1.50 bits per heavy atom. The zero-order valence-electron chi connectivity index (χ0n) is 8.54. The van der Waals surface area contributed by atoms with Gasteiger partial charge in [0, 0.05) is 7.05 Å². The lowest BCUT2D eigenvalue weighted by Crippen LogP contribution is -2.56. The maximum absolute atomic E-state index is 12.2. The van der Waals surface area contributed by atoms with Crippen molar-refractivity contribution in [2.45, 2.75) is 24.9 Å². The van der Waals surface area contributed by atoms with Crippen molar-refractivity contribution >= 4 is 0 Å². The Labute approximate surface area is 88.3 Å². The van der Waals surface area contributed by atoms with Gasteiger partial charge in [0.25, 0.3) is 5.60 Å². The number of ether oxygens (including phenoxy) is 1. The van der Waals surface area contributed by atoms with E-state index >= 15 is 0 Å². The van der Waals surface area contributed by atoms with Crippen molar-refractivity contribution in [3.63, 3.8) is 0 Å². The first-order valence-electron chi connectivity index (χ1n) is 4.16. The van der Waals surface area contributed by atoms with Gasteiger partial charge in [0.2, 0.25) is 0 Å². The van der Waals surface area contributed by atoms with E-state index < -0.39 is 24.6 Å². The van der Waals surface area contributed by atoms with Crippen LogP contribution in [-0.2, 0) is 4.74 Å². The van der Waals surface area contributed by atoms with E-state index in [4.69, 9.17) is 0 Å². The zero-order chi connectivity index (χ0) is 13.0. The number of nitrogens with one attached hydrogen (secondary N) is 1. The predicted octanol–water partition coefficient (Wildman–Crippen LogP) is 2.62. The van der Waals surface area contributed by atoms with Crippen molar-refractivity contribution < 1.29 is 31.1 Å². The summed E-state index contributed by atoms with van der Waals surface area (Å²) in [5.74, 6) is 0. The molecule has 0 heterocycles. The van der Waals surface area contributed by atoms with E-state index in [9.17, 15) is 26.3 Å². The first-order chi connectivity index (χ1) is 7.06. The number of hydrogen-bond acceptors (Lipinski definition) is 2. The van der Waals surface area contributed by atoms with E-state index in [1.165, 1.54) is 13.2 Å². The van der Waals surface area contributed by atoms with Gasteiger partial charge in [0.15, 0.2) is 0 Å². The highest BCUT2D eigenvalue weighted by atomic mass is 19.4. The van der Waals surface area contributed by atoms with E-state index in [-0.39, 0.29) is 6.92 Å². The van der Waals surface area contributed by atoms with Crippen molar-refractivity contribution in [1.82, 2.24) is 5.32 Å². The van der Waals surface area contributed by atoms with Crippen molar-refractivity contribution in [3.05, 3.63) is 12.3 Å². The molecule has 0 fully saturated rings. The second-order valence-corrected chi connectivity index (χ2v) is 3.03. The average Bonchev–Trinajstić information content (AvgIpc) is 2.08. The average molecular weight is 251 g/mol. The van der Waals surface area contributed by atoms with Crippen LogP contribution in [0.1, 0.15) is 6.92 Å². The fourth-order valence-electron chi connectivity index (χ4n) is 0.705. The van der Waals surface area contributed by atoms with Gasteiger partial charge in [-0.15, -0.1) is 0 Å². The van der Waals surface area contributed by atoms with Gasteiger partial charge in [-0.3, -0.25) is 0 Å². The second kappa shape index (κ2) is 4.94. The Bertz CT molecular complexity index is 230. The summed E-state index contributed by atoms with van der Waals surface area (Å²) in [6.07, 6.45) is -8.85. The molecule has 16 heavy (non-hydrogen) atoms. The molecule has 0 saturated carbocycles. The predicted molar refractivity (Wildman–Crippen MR) is 44.7 cm³/mol. The van der Waals surface area contributed by atoms with Gasteiger partial charge < -0.3 is 10.1 Å². The molecule has 0 radical (unpaired) electrons. The third-order valence-corrected chi connectivity index (χ3v) is 1.83. The van der Waals surface area contributed by atoms with Crippen LogP contribution in [0.4, 0.5) is 26.3 Å². The van der Waals surface area contributed by atoms with E-state index in [0.717, 1.165) is 6.08 Å². The Kier molecular flexibility index (Phi) is 4.66. The number of hydrogen-bond donors (Lipinski definition) is 1. The summed E-state index contributed by atoms with van der Waals surface area (Å²) >= 11 is 0. The van der Waals surface area contributed by atoms with Crippen molar-refractivity contribution in [2.75, 3.05) is 13.7 Å². The lowest BCUT2D eigenvalue weighted by atomic mass is 10.1. The number of alkyl halides is 6. The Morgan fingerprint density at radius 3 is 1.81 bits per heavy atom. The fraction of sp³-hybridized carbons (Fsp3) is 0.750. The first-order valence-corrected chi connectivity index (χ1v) is 4.16. The summed E-state index contributed by atoms with van der Waals surface area (Å²) in [6, 6.07) is 0. The van der Waals surface area contributed by atoms with Crippen LogP contribution in [0, 0.1) is 0 Å². The van der Waals surface area contributed by atoms with Gasteiger partial charge in [0.05, 0.1) is 6.61 Å². The molecule has 0 aliphatic rings. The van der Waals surface area contributed by atoms with Crippen molar-refractivity contribution in [1.29, 1.82) is 0 Å². The van der Waals surface area contributed by atoms with Crippen molar-refractivity contribution in [2.24, 2.45) is 0 Å². The van der Waals surface area contributed by atoms with Crippen LogP contribution < -0.4 is 5.32 Å². The van der Waals surface area contributed by atoms with Crippen molar-refractivity contribution in [3.8, 4) is 0 Å². The standard InChI is InChI=1S/C8H11F6NO/c1-6(7(9,10)11,8(12,13)14)16-5-3-4-15-2/h3-4,15H,5H2,1-2H3/b4-3-. The highest BCUT2D eigenvalue weighted by Gasteiger charge is 2.69. The molecule has 96 valence electrons. The molecule has 0 aliphatic heterocycles. The van der Waals surface area contributed by atoms with Crippen LogP contribution in [0.15, 0.2) is 12.3 Å². The van der Waals surface area contributed by atoms with Crippen LogP contribution in [0.25, 0.3) is 0 Å². The third kappa shape index (κ3) is 3.29.